The molecule has 2 heterocycles. The number of rotatable bonds is 4. The van der Waals surface area contributed by atoms with Gasteiger partial charge in [0.05, 0.1) is 5.69 Å². The maximum absolute atomic E-state index is 5.34. The van der Waals surface area contributed by atoms with Crippen LogP contribution in [0.5, 0.6) is 0 Å². The smallest absolute Gasteiger partial charge is 0.157 e. The van der Waals surface area contributed by atoms with E-state index < -0.39 is 0 Å². The number of benzene rings is 5. The molecule has 0 fully saturated rings. The van der Waals surface area contributed by atoms with Crippen molar-refractivity contribution in [3.05, 3.63) is 179 Å². The fourth-order valence-corrected chi connectivity index (χ4v) is 11.0. The van der Waals surface area contributed by atoms with E-state index >= 15 is 0 Å². The van der Waals surface area contributed by atoms with Crippen molar-refractivity contribution in [1.29, 1.82) is 0 Å². The highest BCUT2D eigenvalue weighted by Gasteiger charge is 2.41. The summed E-state index contributed by atoms with van der Waals surface area (Å²) in [5.41, 5.74) is 18.4. The van der Waals surface area contributed by atoms with Crippen molar-refractivity contribution >= 4 is 42.8 Å². The van der Waals surface area contributed by atoms with Gasteiger partial charge in [0.25, 0.3) is 0 Å². The van der Waals surface area contributed by atoms with Crippen molar-refractivity contribution in [2.24, 2.45) is 0 Å². The van der Waals surface area contributed by atoms with Crippen LogP contribution in [0, 0.1) is 0 Å². The van der Waals surface area contributed by atoms with Gasteiger partial charge in [0.15, 0.2) is 5.82 Å². The summed E-state index contributed by atoms with van der Waals surface area (Å²) >= 11 is 1.77. The van der Waals surface area contributed by atoms with Crippen molar-refractivity contribution in [2.45, 2.75) is 63.7 Å². The van der Waals surface area contributed by atoms with Crippen LogP contribution in [-0.4, -0.2) is 9.97 Å². The van der Waals surface area contributed by atoms with Crippen LogP contribution in [0.25, 0.3) is 64.8 Å². The van der Waals surface area contributed by atoms with Gasteiger partial charge in [-0.25, -0.2) is 9.97 Å². The van der Waals surface area contributed by atoms with Gasteiger partial charge in [-0.15, -0.1) is 11.3 Å². The molecule has 1 atom stereocenters. The first-order valence-corrected chi connectivity index (χ1v) is 20.6. The molecule has 4 aliphatic rings. The number of fused-ring (bicyclic) bond motifs is 9. The second-order valence-corrected chi connectivity index (χ2v) is 17.9. The lowest BCUT2D eigenvalue weighted by atomic mass is 9.79. The molecule has 0 spiro atoms. The second kappa shape index (κ2) is 11.9. The first-order valence-electron chi connectivity index (χ1n) is 19.7. The SMILES string of the molecule is CC1(C)c2ccccc2-c2cc3c(cc21)-c1cc(-c2cccc(C4C=CC=C(c5nc(C6=CCCC=C6)c6c(n5)sc5ccccc56)C4)c2)ccc1C3(C)C. The topological polar surface area (TPSA) is 25.8 Å². The van der Waals surface area contributed by atoms with E-state index in [-0.39, 0.29) is 16.7 Å². The molecule has 7 aromatic rings. The Labute approximate surface area is 327 Å². The fraction of sp³-hybridized carbons (Fsp3) is 0.192. The minimum absolute atomic E-state index is 0.0267. The van der Waals surface area contributed by atoms with Crippen LogP contribution in [0.1, 0.15) is 92.2 Å². The highest BCUT2D eigenvalue weighted by Crippen LogP contribution is 2.56. The van der Waals surface area contributed by atoms with Gasteiger partial charge < -0.3 is 0 Å². The summed E-state index contributed by atoms with van der Waals surface area (Å²) in [6.45, 7) is 9.55. The van der Waals surface area contributed by atoms with Crippen LogP contribution < -0.4 is 0 Å². The molecule has 3 heteroatoms. The van der Waals surface area contributed by atoms with E-state index in [0.717, 1.165) is 35.6 Å². The lowest BCUT2D eigenvalue weighted by Crippen LogP contribution is -2.16. The molecule has 55 heavy (non-hydrogen) atoms. The molecule has 1 unspecified atom stereocenters. The molecule has 2 nitrogen and oxygen atoms in total. The number of thiophene rings is 1. The maximum Gasteiger partial charge on any atom is 0.157 e. The zero-order valence-electron chi connectivity index (χ0n) is 31.8. The van der Waals surface area contributed by atoms with Gasteiger partial charge in [-0.3, -0.25) is 0 Å². The van der Waals surface area contributed by atoms with E-state index in [1.807, 2.05) is 0 Å². The third-order valence-electron chi connectivity index (χ3n) is 12.9. The zero-order chi connectivity index (χ0) is 37.1. The minimum Gasteiger partial charge on any atom is -0.228 e. The Morgan fingerprint density at radius 2 is 1.40 bits per heavy atom. The van der Waals surface area contributed by atoms with Crippen LogP contribution in [0.4, 0.5) is 0 Å². The summed E-state index contributed by atoms with van der Waals surface area (Å²) in [5.74, 6) is 1.08. The van der Waals surface area contributed by atoms with Crippen LogP contribution in [0.15, 0.2) is 140 Å². The van der Waals surface area contributed by atoms with Gasteiger partial charge in [-0.05, 0) is 116 Å². The normalized spacial score (nSPS) is 18.5. The van der Waals surface area contributed by atoms with E-state index in [0.29, 0.717) is 0 Å². The van der Waals surface area contributed by atoms with Crippen molar-refractivity contribution in [3.63, 3.8) is 0 Å². The standard InChI is InChI=1S/C52H42N2S/c1-51(2)42-22-10-8-20-37(42)40-29-45-41(30-44(40)51)39-28-35(24-25-43(39)52(45,3)4)33-17-12-16-32(26-33)34-18-13-19-36(27-34)49-53-48(31-14-6-5-7-15-31)47-38-21-9-11-23-46(38)55-50(47)54-49/h6,8-26,28-30,34H,5,7,27H2,1-4H3. The molecule has 0 aliphatic heterocycles. The van der Waals surface area contributed by atoms with Crippen molar-refractivity contribution in [3.8, 4) is 33.4 Å². The van der Waals surface area contributed by atoms with Gasteiger partial charge in [0.2, 0.25) is 0 Å². The van der Waals surface area contributed by atoms with Crippen molar-refractivity contribution < 1.29 is 0 Å². The number of hydrogen-bond acceptors (Lipinski definition) is 3. The molecule has 0 radical (unpaired) electrons. The average molecular weight is 727 g/mol. The summed E-state index contributed by atoms with van der Waals surface area (Å²) in [7, 11) is 0. The number of aromatic nitrogens is 2. The van der Waals surface area contributed by atoms with E-state index in [4.69, 9.17) is 9.97 Å². The summed E-state index contributed by atoms with van der Waals surface area (Å²) in [5, 5.41) is 2.42. The van der Waals surface area contributed by atoms with E-state index in [9.17, 15) is 0 Å². The van der Waals surface area contributed by atoms with Gasteiger partial charge in [-0.1, -0.05) is 143 Å². The van der Waals surface area contributed by atoms with E-state index in [2.05, 4.69) is 167 Å². The Bertz CT molecular complexity index is 2910. The van der Waals surface area contributed by atoms with Gasteiger partial charge in [0.1, 0.15) is 4.83 Å². The monoisotopic (exact) mass is 726 g/mol. The lowest BCUT2D eigenvalue weighted by molar-refractivity contribution is 0.652. The number of hydrogen-bond donors (Lipinski definition) is 0. The van der Waals surface area contributed by atoms with Crippen molar-refractivity contribution in [1.82, 2.24) is 9.97 Å². The largest absolute Gasteiger partial charge is 0.228 e. The molecule has 2 aromatic heterocycles. The summed E-state index contributed by atoms with van der Waals surface area (Å²) < 4.78 is 1.26. The Morgan fingerprint density at radius 1 is 0.655 bits per heavy atom. The highest BCUT2D eigenvalue weighted by atomic mass is 32.1. The van der Waals surface area contributed by atoms with E-state index in [1.54, 1.807) is 11.3 Å². The predicted octanol–water partition coefficient (Wildman–Crippen LogP) is 14.0. The van der Waals surface area contributed by atoms with Crippen LogP contribution in [0.2, 0.25) is 0 Å². The Hall–Kier alpha value is -5.64. The minimum atomic E-state index is -0.0675. The molecule has 5 aromatic carbocycles. The maximum atomic E-state index is 5.34. The second-order valence-electron chi connectivity index (χ2n) is 16.8. The number of nitrogens with zero attached hydrogens (tertiary/aromatic N) is 2. The molecule has 0 saturated heterocycles. The molecule has 4 aliphatic carbocycles. The molecule has 0 bridgehead atoms. The third kappa shape index (κ3) is 4.92. The molecular weight excluding hydrogens is 685 g/mol. The zero-order valence-corrected chi connectivity index (χ0v) is 32.6. The fourth-order valence-electron chi connectivity index (χ4n) is 9.91. The Kier molecular flexibility index (Phi) is 7.11. The lowest BCUT2D eigenvalue weighted by Gasteiger charge is -2.24. The first kappa shape index (κ1) is 32.8. The average Bonchev–Trinajstić information content (AvgIpc) is 3.79. The van der Waals surface area contributed by atoms with Crippen LogP contribution in [0.3, 0.4) is 0 Å². The van der Waals surface area contributed by atoms with Crippen molar-refractivity contribution in [2.75, 3.05) is 0 Å². The first-order chi connectivity index (χ1) is 26.8. The molecule has 0 amide bonds. The Morgan fingerprint density at radius 3 is 2.24 bits per heavy atom. The summed E-state index contributed by atoms with van der Waals surface area (Å²) in [4.78, 5) is 11.7. The van der Waals surface area contributed by atoms with Crippen LogP contribution in [-0.2, 0) is 10.8 Å². The van der Waals surface area contributed by atoms with Gasteiger partial charge >= 0.3 is 0 Å². The quantitative estimate of drug-likeness (QED) is 0.180. The summed E-state index contributed by atoms with van der Waals surface area (Å²) in [6.07, 6.45) is 16.6. The molecule has 11 rings (SSSR count). The van der Waals surface area contributed by atoms with Gasteiger partial charge in [0, 0.05) is 32.2 Å². The molecule has 0 N–H and O–H groups in total. The Balaban J connectivity index is 0.941. The highest BCUT2D eigenvalue weighted by molar-refractivity contribution is 7.25. The molecular formula is C52H42N2S. The molecule has 0 saturated carbocycles. The predicted molar refractivity (Wildman–Crippen MR) is 233 cm³/mol. The molecule has 266 valence electrons. The third-order valence-corrected chi connectivity index (χ3v) is 14.0. The number of allylic oxidation sites excluding steroid dienone is 8. The summed E-state index contributed by atoms with van der Waals surface area (Å²) in [6, 6.07) is 39.0. The van der Waals surface area contributed by atoms with Crippen LogP contribution >= 0.6 is 11.3 Å². The van der Waals surface area contributed by atoms with Gasteiger partial charge in [-0.2, -0.15) is 0 Å². The van der Waals surface area contributed by atoms with E-state index in [1.165, 1.54) is 87.8 Å².